The molecule has 1 aliphatic carbocycles. The van der Waals surface area contributed by atoms with Crippen LogP contribution < -0.4 is 5.32 Å². The number of hydrogen-bond acceptors (Lipinski definition) is 4. The average Bonchev–Trinajstić information content (AvgIpc) is 2.78. The summed E-state index contributed by atoms with van der Waals surface area (Å²) < 4.78 is 5.45. The highest BCUT2D eigenvalue weighted by molar-refractivity contribution is 5.77. The van der Waals surface area contributed by atoms with Crippen molar-refractivity contribution in [3.63, 3.8) is 0 Å². The van der Waals surface area contributed by atoms with Crippen LogP contribution in [0, 0.1) is 12.8 Å². The summed E-state index contributed by atoms with van der Waals surface area (Å²) in [7, 11) is 0. The molecule has 1 fully saturated rings. The van der Waals surface area contributed by atoms with Gasteiger partial charge in [-0.2, -0.15) is 0 Å². The number of rotatable bonds is 3. The summed E-state index contributed by atoms with van der Waals surface area (Å²) in [4.78, 5) is 15.2. The Balaban J connectivity index is 1.66. The van der Waals surface area contributed by atoms with E-state index < -0.39 is 5.97 Å². The lowest BCUT2D eigenvalue weighted by Gasteiger charge is -2.27. The van der Waals surface area contributed by atoms with Crippen LogP contribution in [-0.2, 0) is 4.79 Å². The predicted molar refractivity (Wildman–Crippen MR) is 75.8 cm³/mol. The van der Waals surface area contributed by atoms with Crippen LogP contribution in [0.3, 0.4) is 0 Å². The number of aromatic nitrogens is 1. The second-order valence-corrected chi connectivity index (χ2v) is 5.45. The maximum atomic E-state index is 10.9. The Morgan fingerprint density at radius 3 is 2.80 bits per heavy atom. The fraction of sp³-hybridized carbons (Fsp3) is 0.467. The first-order valence-corrected chi connectivity index (χ1v) is 6.98. The van der Waals surface area contributed by atoms with Crippen molar-refractivity contribution in [3.8, 4) is 0 Å². The van der Waals surface area contributed by atoms with Gasteiger partial charge in [0, 0.05) is 18.7 Å². The maximum absolute atomic E-state index is 10.9. The third-order valence-electron chi connectivity index (χ3n) is 3.94. The second-order valence-electron chi connectivity index (χ2n) is 5.45. The standard InChI is InChI=1S/C15H18N2O3/c1-9-16-13-8-12(6-7-14(13)20-9)17-11-4-2-10(3-5-11)15(18)19/h6-8,10-11,17H,2-5H2,1H3,(H,18,19). The van der Waals surface area contributed by atoms with Crippen molar-refractivity contribution in [1.82, 2.24) is 4.98 Å². The number of hydrogen-bond donors (Lipinski definition) is 2. The van der Waals surface area contributed by atoms with E-state index >= 15 is 0 Å². The fourth-order valence-corrected chi connectivity index (χ4v) is 2.85. The zero-order valence-electron chi connectivity index (χ0n) is 11.4. The number of fused-ring (bicyclic) bond motifs is 1. The Morgan fingerprint density at radius 1 is 1.35 bits per heavy atom. The Hall–Kier alpha value is -2.04. The number of carboxylic acids is 1. The molecule has 0 spiro atoms. The van der Waals surface area contributed by atoms with Crippen molar-refractivity contribution < 1.29 is 14.3 Å². The number of anilines is 1. The van der Waals surface area contributed by atoms with Crippen LogP contribution in [0.25, 0.3) is 11.1 Å². The SMILES string of the molecule is Cc1nc2cc(NC3CCC(C(=O)O)CC3)ccc2o1. The molecule has 0 bridgehead atoms. The second kappa shape index (κ2) is 5.15. The summed E-state index contributed by atoms with van der Waals surface area (Å²) in [6.45, 7) is 1.83. The molecule has 0 amide bonds. The molecule has 0 aliphatic heterocycles. The number of benzene rings is 1. The van der Waals surface area contributed by atoms with Gasteiger partial charge in [0.2, 0.25) is 0 Å². The van der Waals surface area contributed by atoms with E-state index in [4.69, 9.17) is 9.52 Å². The Labute approximate surface area is 117 Å². The van der Waals surface area contributed by atoms with Crippen LogP contribution in [0.2, 0.25) is 0 Å². The molecule has 2 N–H and O–H groups in total. The third kappa shape index (κ3) is 2.61. The minimum Gasteiger partial charge on any atom is -0.481 e. The summed E-state index contributed by atoms with van der Waals surface area (Å²) in [6.07, 6.45) is 3.29. The van der Waals surface area contributed by atoms with Crippen LogP contribution in [0.5, 0.6) is 0 Å². The first-order valence-electron chi connectivity index (χ1n) is 6.98. The van der Waals surface area contributed by atoms with Crippen LogP contribution >= 0.6 is 0 Å². The number of aliphatic carboxylic acids is 1. The number of aryl methyl sites for hydroxylation is 1. The number of carbonyl (C=O) groups is 1. The van der Waals surface area contributed by atoms with E-state index in [1.807, 2.05) is 25.1 Å². The average molecular weight is 274 g/mol. The van der Waals surface area contributed by atoms with Gasteiger partial charge in [-0.05, 0) is 43.9 Å². The van der Waals surface area contributed by atoms with Gasteiger partial charge >= 0.3 is 5.97 Å². The molecular weight excluding hydrogens is 256 g/mol. The Kier molecular flexibility index (Phi) is 3.34. The summed E-state index contributed by atoms with van der Waals surface area (Å²) in [5.74, 6) is -0.171. The van der Waals surface area contributed by atoms with Crippen molar-refractivity contribution in [2.24, 2.45) is 5.92 Å². The summed E-state index contributed by atoms with van der Waals surface area (Å²) in [6, 6.07) is 6.22. The highest BCUT2D eigenvalue weighted by Gasteiger charge is 2.25. The van der Waals surface area contributed by atoms with E-state index in [9.17, 15) is 4.79 Å². The van der Waals surface area contributed by atoms with E-state index in [0.717, 1.165) is 42.5 Å². The fourth-order valence-electron chi connectivity index (χ4n) is 2.85. The molecule has 1 aromatic carbocycles. The molecule has 5 heteroatoms. The van der Waals surface area contributed by atoms with Crippen molar-refractivity contribution in [2.75, 3.05) is 5.32 Å². The zero-order valence-corrected chi connectivity index (χ0v) is 11.4. The number of nitrogens with zero attached hydrogens (tertiary/aromatic N) is 1. The molecule has 20 heavy (non-hydrogen) atoms. The molecule has 1 aliphatic rings. The van der Waals surface area contributed by atoms with E-state index in [0.29, 0.717) is 11.9 Å². The molecule has 5 nitrogen and oxygen atoms in total. The lowest BCUT2D eigenvalue weighted by atomic mass is 9.86. The predicted octanol–water partition coefficient (Wildman–Crippen LogP) is 3.19. The van der Waals surface area contributed by atoms with Crippen molar-refractivity contribution in [1.29, 1.82) is 0 Å². The highest BCUT2D eigenvalue weighted by atomic mass is 16.4. The molecule has 2 aromatic rings. The Bertz CT molecular complexity index is 627. The Morgan fingerprint density at radius 2 is 2.10 bits per heavy atom. The molecule has 0 radical (unpaired) electrons. The largest absolute Gasteiger partial charge is 0.481 e. The molecular formula is C15H18N2O3. The molecule has 0 atom stereocenters. The van der Waals surface area contributed by atoms with Crippen molar-refractivity contribution >= 4 is 22.8 Å². The minimum absolute atomic E-state index is 0.172. The first-order chi connectivity index (χ1) is 9.61. The van der Waals surface area contributed by atoms with Gasteiger partial charge in [0.05, 0.1) is 5.92 Å². The lowest BCUT2D eigenvalue weighted by Crippen LogP contribution is -2.29. The third-order valence-corrected chi connectivity index (χ3v) is 3.94. The quantitative estimate of drug-likeness (QED) is 0.899. The zero-order chi connectivity index (χ0) is 14.1. The number of carboxylic acid groups (broad SMARTS) is 1. The van der Waals surface area contributed by atoms with Gasteiger partial charge in [-0.15, -0.1) is 0 Å². The van der Waals surface area contributed by atoms with E-state index in [1.54, 1.807) is 0 Å². The molecule has 1 heterocycles. The summed E-state index contributed by atoms with van der Waals surface area (Å²) in [5, 5.41) is 12.5. The molecule has 0 saturated heterocycles. The van der Waals surface area contributed by atoms with E-state index in [-0.39, 0.29) is 5.92 Å². The van der Waals surface area contributed by atoms with Gasteiger partial charge in [-0.25, -0.2) is 4.98 Å². The molecule has 1 saturated carbocycles. The molecule has 3 rings (SSSR count). The smallest absolute Gasteiger partial charge is 0.306 e. The van der Waals surface area contributed by atoms with Crippen molar-refractivity contribution in [2.45, 2.75) is 38.6 Å². The highest BCUT2D eigenvalue weighted by Crippen LogP contribution is 2.28. The van der Waals surface area contributed by atoms with Crippen LogP contribution in [0.4, 0.5) is 5.69 Å². The maximum Gasteiger partial charge on any atom is 0.306 e. The number of nitrogens with one attached hydrogen (secondary N) is 1. The van der Waals surface area contributed by atoms with Crippen molar-refractivity contribution in [3.05, 3.63) is 24.1 Å². The van der Waals surface area contributed by atoms with E-state index in [2.05, 4.69) is 10.3 Å². The van der Waals surface area contributed by atoms with Crippen LogP contribution in [0.1, 0.15) is 31.6 Å². The molecule has 0 unspecified atom stereocenters. The van der Waals surface area contributed by atoms with Gasteiger partial charge in [-0.3, -0.25) is 4.79 Å². The van der Waals surface area contributed by atoms with Crippen LogP contribution in [0.15, 0.2) is 22.6 Å². The topological polar surface area (TPSA) is 75.4 Å². The van der Waals surface area contributed by atoms with Gasteiger partial charge in [0.25, 0.3) is 0 Å². The monoisotopic (exact) mass is 274 g/mol. The summed E-state index contributed by atoms with van der Waals surface area (Å²) >= 11 is 0. The first kappa shape index (κ1) is 13.0. The minimum atomic E-state index is -0.664. The van der Waals surface area contributed by atoms with Gasteiger partial charge in [0.1, 0.15) is 5.52 Å². The van der Waals surface area contributed by atoms with Gasteiger partial charge in [0.15, 0.2) is 11.5 Å². The summed E-state index contributed by atoms with van der Waals surface area (Å²) in [5.41, 5.74) is 2.67. The number of oxazole rings is 1. The molecule has 1 aromatic heterocycles. The lowest BCUT2D eigenvalue weighted by molar-refractivity contribution is -0.142. The van der Waals surface area contributed by atoms with Crippen LogP contribution in [-0.4, -0.2) is 22.1 Å². The normalized spacial score (nSPS) is 22.9. The molecule has 106 valence electrons. The van der Waals surface area contributed by atoms with Gasteiger partial charge in [-0.1, -0.05) is 0 Å². The van der Waals surface area contributed by atoms with Gasteiger partial charge < -0.3 is 14.8 Å². The van der Waals surface area contributed by atoms with E-state index in [1.165, 1.54) is 0 Å².